The van der Waals surface area contributed by atoms with Crippen LogP contribution < -0.4 is 0 Å². The van der Waals surface area contributed by atoms with Gasteiger partial charge in [0, 0.05) is 10.8 Å². The number of hydrogen-bond donors (Lipinski definition) is 0. The fourth-order valence-electron chi connectivity index (χ4n) is 1.98. The summed E-state index contributed by atoms with van der Waals surface area (Å²) in [6, 6.07) is 0. The molecule has 7 nitrogen and oxygen atoms in total. The molecule has 0 amide bonds. The minimum absolute atomic E-state index is 0.138. The molecule has 0 atom stereocenters. The van der Waals surface area contributed by atoms with Crippen LogP contribution in [0.1, 0.15) is 13.8 Å². The third kappa shape index (κ3) is 6.15. The zero-order valence-electron chi connectivity index (χ0n) is 12.9. The van der Waals surface area contributed by atoms with Crippen LogP contribution in [0, 0.1) is 10.8 Å². The van der Waals surface area contributed by atoms with Crippen molar-refractivity contribution in [3.63, 3.8) is 0 Å². The van der Waals surface area contributed by atoms with Gasteiger partial charge in [0.25, 0.3) is 0 Å². The van der Waals surface area contributed by atoms with Gasteiger partial charge in [-0.3, -0.25) is 0 Å². The summed E-state index contributed by atoms with van der Waals surface area (Å²) in [6.45, 7) is 9.23. The van der Waals surface area contributed by atoms with Crippen molar-refractivity contribution >= 4 is 0 Å². The molecule has 21 heavy (non-hydrogen) atoms. The average Bonchev–Trinajstić information content (AvgIpc) is 2.40. The van der Waals surface area contributed by atoms with Crippen molar-refractivity contribution in [2.45, 2.75) is 13.8 Å². The Kier molecular flexibility index (Phi) is 6.81. The van der Waals surface area contributed by atoms with Crippen LogP contribution in [0.5, 0.6) is 0 Å². The Morgan fingerprint density at radius 2 is 0.952 bits per heavy atom. The van der Waals surface area contributed by atoms with Crippen LogP contribution in [-0.2, 0) is 33.2 Å². The van der Waals surface area contributed by atoms with Crippen LogP contribution in [0.4, 0.5) is 0 Å². The maximum Gasteiger partial charge on any atom is 0.152 e. The van der Waals surface area contributed by atoms with Crippen LogP contribution in [0.3, 0.4) is 0 Å². The summed E-state index contributed by atoms with van der Waals surface area (Å²) in [6.07, 6.45) is 0. The van der Waals surface area contributed by atoms with Crippen molar-refractivity contribution in [2.75, 3.05) is 66.8 Å². The molecule has 2 fully saturated rings. The molecule has 0 aromatic rings. The van der Waals surface area contributed by atoms with E-state index in [1.807, 2.05) is 0 Å². The van der Waals surface area contributed by atoms with Crippen molar-refractivity contribution in [1.29, 1.82) is 0 Å². The zero-order chi connectivity index (χ0) is 15.0. The lowest BCUT2D eigenvalue weighted by Gasteiger charge is -2.37. The predicted molar refractivity (Wildman–Crippen MR) is 72.5 cm³/mol. The highest BCUT2D eigenvalue weighted by Gasteiger charge is 2.34. The highest BCUT2D eigenvalue weighted by molar-refractivity contribution is 4.80. The summed E-state index contributed by atoms with van der Waals surface area (Å²) in [4.78, 5) is 0. The van der Waals surface area contributed by atoms with E-state index in [2.05, 4.69) is 13.8 Å². The van der Waals surface area contributed by atoms with Gasteiger partial charge in [-0.1, -0.05) is 13.8 Å². The van der Waals surface area contributed by atoms with Gasteiger partial charge in [0.15, 0.2) is 13.6 Å². The molecule has 124 valence electrons. The monoisotopic (exact) mass is 306 g/mol. The predicted octanol–water partition coefficient (Wildman–Crippen LogP) is 0.972. The van der Waals surface area contributed by atoms with Crippen molar-refractivity contribution in [3.8, 4) is 0 Å². The van der Waals surface area contributed by atoms with E-state index in [-0.39, 0.29) is 38.0 Å². The zero-order valence-corrected chi connectivity index (χ0v) is 12.9. The Hall–Kier alpha value is -0.280. The van der Waals surface area contributed by atoms with E-state index in [0.29, 0.717) is 13.2 Å². The second kappa shape index (κ2) is 8.38. The molecule has 0 aromatic heterocycles. The van der Waals surface area contributed by atoms with E-state index in [1.54, 1.807) is 0 Å². The Labute approximate surface area is 125 Å². The van der Waals surface area contributed by atoms with E-state index in [0.717, 1.165) is 26.4 Å². The van der Waals surface area contributed by atoms with Crippen molar-refractivity contribution in [2.24, 2.45) is 10.8 Å². The Morgan fingerprint density at radius 1 is 0.619 bits per heavy atom. The first-order chi connectivity index (χ1) is 10.1. The molecule has 0 radical (unpaired) electrons. The third-order valence-electron chi connectivity index (χ3n) is 3.37. The summed E-state index contributed by atoms with van der Waals surface area (Å²) >= 11 is 0. The molecular weight excluding hydrogens is 280 g/mol. The van der Waals surface area contributed by atoms with Gasteiger partial charge < -0.3 is 33.2 Å². The highest BCUT2D eigenvalue weighted by atomic mass is 16.8. The summed E-state index contributed by atoms with van der Waals surface area (Å²) in [5, 5.41) is 0. The first-order valence-corrected chi connectivity index (χ1v) is 7.16. The van der Waals surface area contributed by atoms with Crippen LogP contribution >= 0.6 is 0 Å². The van der Waals surface area contributed by atoms with E-state index in [4.69, 9.17) is 33.2 Å². The molecule has 2 rings (SSSR count). The third-order valence-corrected chi connectivity index (χ3v) is 3.37. The minimum atomic E-state index is 0.138. The Balaban J connectivity index is 1.28. The van der Waals surface area contributed by atoms with Crippen molar-refractivity contribution in [3.05, 3.63) is 0 Å². The van der Waals surface area contributed by atoms with E-state index < -0.39 is 0 Å². The molecule has 2 aliphatic heterocycles. The molecule has 0 unspecified atom stereocenters. The summed E-state index contributed by atoms with van der Waals surface area (Å²) in [7, 11) is 0. The SMILES string of the molecule is CC1(COCOCOCOCOCC2(C)COC2)COC1. The first kappa shape index (κ1) is 17.1. The summed E-state index contributed by atoms with van der Waals surface area (Å²) < 4.78 is 36.5. The Morgan fingerprint density at radius 3 is 1.24 bits per heavy atom. The molecule has 7 heteroatoms. The molecule has 2 aliphatic rings. The molecule has 0 spiro atoms. The van der Waals surface area contributed by atoms with Crippen LogP contribution in [0.25, 0.3) is 0 Å². The average molecular weight is 306 g/mol. The van der Waals surface area contributed by atoms with Gasteiger partial charge in [-0.15, -0.1) is 0 Å². The van der Waals surface area contributed by atoms with Gasteiger partial charge in [-0.05, 0) is 0 Å². The molecule has 0 N–H and O–H groups in total. The normalized spacial score (nSPS) is 22.6. The van der Waals surface area contributed by atoms with Gasteiger partial charge in [-0.25, -0.2) is 0 Å². The smallest absolute Gasteiger partial charge is 0.152 e. The van der Waals surface area contributed by atoms with E-state index in [1.165, 1.54) is 0 Å². The molecule has 0 aliphatic carbocycles. The number of ether oxygens (including phenoxy) is 7. The maximum atomic E-state index is 5.38. The van der Waals surface area contributed by atoms with Crippen molar-refractivity contribution < 1.29 is 33.2 Å². The molecular formula is C14H26O7. The quantitative estimate of drug-likeness (QED) is 0.393. The molecule has 2 saturated heterocycles. The topological polar surface area (TPSA) is 64.6 Å². The van der Waals surface area contributed by atoms with E-state index >= 15 is 0 Å². The molecule has 0 bridgehead atoms. The maximum absolute atomic E-state index is 5.38. The lowest BCUT2D eigenvalue weighted by molar-refractivity contribution is -0.216. The standard InChI is InChI=1S/C14H26O7/c1-13(3-15-4-13)7-17-9-19-11-21-12-20-10-18-8-14(2)5-16-6-14/h3-12H2,1-2H3. The van der Waals surface area contributed by atoms with Crippen LogP contribution in [0.15, 0.2) is 0 Å². The molecule has 0 saturated carbocycles. The highest BCUT2D eigenvalue weighted by Crippen LogP contribution is 2.27. The largest absolute Gasteiger partial charge is 0.380 e. The summed E-state index contributed by atoms with van der Waals surface area (Å²) in [5.41, 5.74) is 0.291. The molecule has 0 aromatic carbocycles. The minimum Gasteiger partial charge on any atom is -0.380 e. The van der Waals surface area contributed by atoms with Gasteiger partial charge in [0.1, 0.15) is 13.6 Å². The van der Waals surface area contributed by atoms with E-state index in [9.17, 15) is 0 Å². The van der Waals surface area contributed by atoms with Gasteiger partial charge in [-0.2, -0.15) is 0 Å². The van der Waals surface area contributed by atoms with Crippen LogP contribution in [0.2, 0.25) is 0 Å². The van der Waals surface area contributed by atoms with Crippen LogP contribution in [-0.4, -0.2) is 66.8 Å². The van der Waals surface area contributed by atoms with Gasteiger partial charge in [0.2, 0.25) is 0 Å². The lowest BCUT2D eigenvalue weighted by Crippen LogP contribution is -2.43. The molecule has 2 heterocycles. The fraction of sp³-hybridized carbons (Fsp3) is 1.00. The Bertz CT molecular complexity index is 261. The van der Waals surface area contributed by atoms with Gasteiger partial charge in [0.05, 0.1) is 39.6 Å². The van der Waals surface area contributed by atoms with Crippen molar-refractivity contribution in [1.82, 2.24) is 0 Å². The summed E-state index contributed by atoms with van der Waals surface area (Å²) in [5.74, 6) is 0. The number of hydrogen-bond acceptors (Lipinski definition) is 7. The van der Waals surface area contributed by atoms with Gasteiger partial charge >= 0.3 is 0 Å². The fourth-order valence-corrected chi connectivity index (χ4v) is 1.98. The second-order valence-corrected chi connectivity index (χ2v) is 6.39. The number of rotatable bonds is 12. The second-order valence-electron chi connectivity index (χ2n) is 6.39. The first-order valence-electron chi connectivity index (χ1n) is 7.16. The lowest BCUT2D eigenvalue weighted by atomic mass is 9.90.